The number of aliphatic hydroxyl groups is 1. The molecule has 124 valence electrons. The Morgan fingerprint density at radius 3 is 2.23 bits per heavy atom. The first-order valence-electron chi connectivity index (χ1n) is 7.01. The van der Waals surface area contributed by atoms with E-state index >= 15 is 0 Å². The molecular weight excluding hydrogens is 306 g/mol. The third-order valence-corrected chi connectivity index (χ3v) is 4.63. The molecule has 7 heteroatoms. The van der Waals surface area contributed by atoms with Crippen LogP contribution in [0.1, 0.15) is 39.4 Å². The number of sulfone groups is 1. The SMILES string of the molecule is CCS(=O)(=O)c1ccc([C@H](CO)OC(=O)NC(C)(C)C)cc1. The molecule has 0 heterocycles. The molecule has 0 fully saturated rings. The molecule has 22 heavy (non-hydrogen) atoms. The summed E-state index contributed by atoms with van der Waals surface area (Å²) in [5.74, 6) is 0.0142. The van der Waals surface area contributed by atoms with Crippen LogP contribution in [0.15, 0.2) is 29.2 Å². The van der Waals surface area contributed by atoms with E-state index in [4.69, 9.17) is 4.74 Å². The number of rotatable bonds is 5. The topological polar surface area (TPSA) is 92.7 Å². The molecule has 0 aliphatic carbocycles. The number of aliphatic hydroxyl groups excluding tert-OH is 1. The van der Waals surface area contributed by atoms with Crippen molar-refractivity contribution in [3.05, 3.63) is 29.8 Å². The quantitative estimate of drug-likeness (QED) is 0.862. The molecule has 1 amide bonds. The lowest BCUT2D eigenvalue weighted by Gasteiger charge is -2.23. The minimum atomic E-state index is -3.28. The highest BCUT2D eigenvalue weighted by Gasteiger charge is 2.20. The van der Waals surface area contributed by atoms with Crippen LogP contribution >= 0.6 is 0 Å². The van der Waals surface area contributed by atoms with E-state index in [2.05, 4.69) is 5.32 Å². The number of carbonyl (C=O) groups is 1. The van der Waals surface area contributed by atoms with Crippen molar-refractivity contribution in [2.45, 2.75) is 44.2 Å². The molecule has 0 radical (unpaired) electrons. The van der Waals surface area contributed by atoms with Crippen molar-refractivity contribution in [1.29, 1.82) is 0 Å². The van der Waals surface area contributed by atoms with Gasteiger partial charge in [0, 0.05) is 5.54 Å². The summed E-state index contributed by atoms with van der Waals surface area (Å²) in [6.45, 7) is 6.61. The molecule has 0 aromatic heterocycles. The second kappa shape index (κ2) is 7.11. The van der Waals surface area contributed by atoms with Gasteiger partial charge in [-0.2, -0.15) is 0 Å². The largest absolute Gasteiger partial charge is 0.439 e. The van der Waals surface area contributed by atoms with Gasteiger partial charge in [-0.15, -0.1) is 0 Å². The number of nitrogens with one attached hydrogen (secondary N) is 1. The van der Waals surface area contributed by atoms with E-state index in [-0.39, 0.29) is 10.6 Å². The Morgan fingerprint density at radius 2 is 1.82 bits per heavy atom. The van der Waals surface area contributed by atoms with E-state index in [9.17, 15) is 18.3 Å². The minimum absolute atomic E-state index is 0.0142. The highest BCUT2D eigenvalue weighted by molar-refractivity contribution is 7.91. The molecule has 2 N–H and O–H groups in total. The molecule has 1 atom stereocenters. The fourth-order valence-electron chi connectivity index (χ4n) is 1.73. The Labute approximate surface area is 131 Å². The van der Waals surface area contributed by atoms with Crippen molar-refractivity contribution < 1.29 is 23.1 Å². The van der Waals surface area contributed by atoms with Crippen LogP contribution in [0.5, 0.6) is 0 Å². The summed E-state index contributed by atoms with van der Waals surface area (Å²) in [6, 6.07) is 5.96. The second-order valence-corrected chi connectivity index (χ2v) is 8.20. The maximum atomic E-state index is 11.7. The predicted octanol–water partition coefficient (Wildman–Crippen LogP) is 2.04. The highest BCUT2D eigenvalue weighted by Crippen LogP contribution is 2.20. The number of amides is 1. The third kappa shape index (κ3) is 5.31. The number of carbonyl (C=O) groups excluding carboxylic acids is 1. The van der Waals surface area contributed by atoms with Gasteiger partial charge in [-0.1, -0.05) is 19.1 Å². The lowest BCUT2D eigenvalue weighted by Crippen LogP contribution is -2.41. The van der Waals surface area contributed by atoms with E-state index < -0.39 is 34.2 Å². The van der Waals surface area contributed by atoms with Crippen molar-refractivity contribution in [2.24, 2.45) is 0 Å². The number of ether oxygens (including phenoxy) is 1. The zero-order valence-electron chi connectivity index (χ0n) is 13.3. The first-order valence-corrected chi connectivity index (χ1v) is 8.66. The summed E-state index contributed by atoms with van der Waals surface area (Å²) in [6.07, 6.45) is -1.49. The van der Waals surface area contributed by atoms with Gasteiger partial charge >= 0.3 is 6.09 Å². The van der Waals surface area contributed by atoms with Crippen LogP contribution in [0.4, 0.5) is 4.79 Å². The smallest absolute Gasteiger partial charge is 0.408 e. The fourth-order valence-corrected chi connectivity index (χ4v) is 2.62. The van der Waals surface area contributed by atoms with Gasteiger partial charge in [-0.05, 0) is 38.5 Å². The number of alkyl carbamates (subject to hydrolysis) is 1. The summed E-state index contributed by atoms with van der Waals surface area (Å²) in [4.78, 5) is 11.9. The van der Waals surface area contributed by atoms with Crippen LogP contribution in [0.25, 0.3) is 0 Å². The van der Waals surface area contributed by atoms with Crippen LogP contribution in [0.2, 0.25) is 0 Å². The Kier molecular flexibility index (Phi) is 5.96. The molecule has 1 aromatic rings. The van der Waals surface area contributed by atoms with Gasteiger partial charge in [0.15, 0.2) is 15.9 Å². The van der Waals surface area contributed by atoms with E-state index in [0.29, 0.717) is 5.56 Å². The monoisotopic (exact) mass is 329 g/mol. The van der Waals surface area contributed by atoms with E-state index in [1.807, 2.05) is 20.8 Å². The average molecular weight is 329 g/mol. The number of hydrogen-bond donors (Lipinski definition) is 2. The van der Waals surface area contributed by atoms with E-state index in [1.54, 1.807) is 6.92 Å². The molecule has 0 spiro atoms. The van der Waals surface area contributed by atoms with Crippen LogP contribution < -0.4 is 5.32 Å². The molecule has 0 unspecified atom stereocenters. The number of hydrogen-bond acceptors (Lipinski definition) is 5. The van der Waals surface area contributed by atoms with E-state index in [0.717, 1.165) is 0 Å². The zero-order chi connectivity index (χ0) is 17.0. The maximum Gasteiger partial charge on any atom is 0.408 e. The molecule has 0 aliphatic heterocycles. The summed E-state index contributed by atoms with van der Waals surface area (Å²) in [5, 5.41) is 12.0. The molecule has 6 nitrogen and oxygen atoms in total. The molecule has 0 saturated heterocycles. The van der Waals surface area contributed by atoms with Crippen molar-refractivity contribution in [1.82, 2.24) is 5.32 Å². The number of benzene rings is 1. The van der Waals surface area contributed by atoms with Crippen molar-refractivity contribution in [3.63, 3.8) is 0 Å². The van der Waals surface area contributed by atoms with Gasteiger partial charge in [0.05, 0.1) is 17.3 Å². The Balaban J connectivity index is 2.86. The van der Waals surface area contributed by atoms with Crippen LogP contribution in [0.3, 0.4) is 0 Å². The Morgan fingerprint density at radius 1 is 1.27 bits per heavy atom. The normalized spacial score (nSPS) is 13.5. The lowest BCUT2D eigenvalue weighted by molar-refractivity contribution is 0.0529. The van der Waals surface area contributed by atoms with Crippen LogP contribution in [-0.4, -0.2) is 37.5 Å². The summed E-state index contributed by atoms with van der Waals surface area (Å²) in [5.41, 5.74) is 0.0810. The van der Waals surface area contributed by atoms with Gasteiger partial charge in [-0.3, -0.25) is 0 Å². The van der Waals surface area contributed by atoms with E-state index in [1.165, 1.54) is 24.3 Å². The molecule has 0 aliphatic rings. The molecule has 0 bridgehead atoms. The Bertz CT molecular complexity index is 602. The van der Waals surface area contributed by atoms with Gasteiger partial charge in [0.25, 0.3) is 0 Å². The third-order valence-electron chi connectivity index (χ3n) is 2.88. The first kappa shape index (κ1) is 18.4. The van der Waals surface area contributed by atoms with Gasteiger partial charge in [0.2, 0.25) is 0 Å². The Hall–Kier alpha value is -1.60. The maximum absolute atomic E-state index is 11.7. The van der Waals surface area contributed by atoms with Crippen molar-refractivity contribution in [3.8, 4) is 0 Å². The van der Waals surface area contributed by atoms with Crippen LogP contribution in [0, 0.1) is 0 Å². The fraction of sp³-hybridized carbons (Fsp3) is 0.533. The molecular formula is C15H23NO5S. The molecule has 0 saturated carbocycles. The molecule has 1 rings (SSSR count). The minimum Gasteiger partial charge on any atom is -0.439 e. The highest BCUT2D eigenvalue weighted by atomic mass is 32.2. The van der Waals surface area contributed by atoms with Gasteiger partial charge in [0.1, 0.15) is 0 Å². The summed E-state index contributed by atoms with van der Waals surface area (Å²) >= 11 is 0. The van der Waals surface area contributed by atoms with Crippen LogP contribution in [-0.2, 0) is 14.6 Å². The van der Waals surface area contributed by atoms with Crippen molar-refractivity contribution in [2.75, 3.05) is 12.4 Å². The summed E-state index contributed by atoms with van der Waals surface area (Å²) < 4.78 is 28.6. The molecule has 1 aromatic carbocycles. The first-order chi connectivity index (χ1) is 10.1. The lowest BCUT2D eigenvalue weighted by atomic mass is 10.1. The average Bonchev–Trinajstić information content (AvgIpc) is 2.43. The van der Waals surface area contributed by atoms with Gasteiger partial charge in [-0.25, -0.2) is 13.2 Å². The zero-order valence-corrected chi connectivity index (χ0v) is 14.1. The second-order valence-electron chi connectivity index (χ2n) is 5.92. The summed E-state index contributed by atoms with van der Waals surface area (Å²) in [7, 11) is -3.28. The standard InChI is InChI=1S/C15H23NO5S/c1-5-22(19,20)12-8-6-11(7-9-12)13(10-17)21-14(18)16-15(2,3)4/h6-9,13,17H,5,10H2,1-4H3,(H,16,18)/t13-/m0/s1. The predicted molar refractivity (Wildman–Crippen MR) is 83.4 cm³/mol. The van der Waals surface area contributed by atoms with Crippen molar-refractivity contribution >= 4 is 15.9 Å². The van der Waals surface area contributed by atoms with Gasteiger partial charge < -0.3 is 15.2 Å².